The number of piperidine rings is 1. The van der Waals surface area contributed by atoms with E-state index in [0.717, 1.165) is 62.0 Å². The Labute approximate surface area is 212 Å². The highest BCUT2D eigenvalue weighted by molar-refractivity contribution is 5.78. The zero-order valence-electron chi connectivity index (χ0n) is 20.5. The van der Waals surface area contributed by atoms with Crippen molar-refractivity contribution in [1.82, 2.24) is 10.2 Å². The van der Waals surface area contributed by atoms with Crippen molar-refractivity contribution in [3.05, 3.63) is 107 Å². The quantitative estimate of drug-likeness (QED) is 0.351. The van der Waals surface area contributed by atoms with Crippen molar-refractivity contribution in [2.24, 2.45) is 0 Å². The van der Waals surface area contributed by atoms with Crippen molar-refractivity contribution >= 4 is 5.91 Å². The second-order valence-electron chi connectivity index (χ2n) is 9.41. The maximum atomic E-state index is 13.4. The largest absolute Gasteiger partial charge is 0.369 e. The summed E-state index contributed by atoms with van der Waals surface area (Å²) in [5.74, 6) is -0.499. The molecule has 1 fully saturated rings. The Kier molecular flexibility index (Phi) is 9.59. The molecule has 3 aromatic carbocycles. The van der Waals surface area contributed by atoms with Gasteiger partial charge < -0.3 is 15.0 Å². The Bertz CT molecular complexity index is 1020. The van der Waals surface area contributed by atoms with Gasteiger partial charge in [-0.25, -0.2) is 8.78 Å². The molecule has 1 heterocycles. The molecule has 0 atom stereocenters. The number of ether oxygens (including phenoxy) is 1. The van der Waals surface area contributed by atoms with Crippen molar-refractivity contribution < 1.29 is 18.3 Å². The second kappa shape index (κ2) is 13.3. The molecule has 1 saturated heterocycles. The van der Waals surface area contributed by atoms with Crippen molar-refractivity contribution in [3.8, 4) is 0 Å². The predicted octanol–water partition coefficient (Wildman–Crippen LogP) is 5.67. The van der Waals surface area contributed by atoms with Gasteiger partial charge >= 0.3 is 0 Å². The maximum Gasteiger partial charge on any atom is 0.224 e. The SMILES string of the molecule is O=C(Cc1ccccc1)NC1CCN(CCCCOC(c2ccc(F)cc2)c2ccc(F)cc2)CC1. The zero-order valence-corrected chi connectivity index (χ0v) is 20.5. The van der Waals surface area contributed by atoms with E-state index in [4.69, 9.17) is 4.74 Å². The second-order valence-corrected chi connectivity index (χ2v) is 9.41. The van der Waals surface area contributed by atoms with E-state index in [-0.39, 0.29) is 29.7 Å². The van der Waals surface area contributed by atoms with E-state index in [1.807, 2.05) is 30.3 Å². The Hall–Kier alpha value is -3.09. The third-order valence-electron chi connectivity index (χ3n) is 6.66. The fourth-order valence-electron chi connectivity index (χ4n) is 4.66. The summed E-state index contributed by atoms with van der Waals surface area (Å²) >= 11 is 0. The smallest absolute Gasteiger partial charge is 0.224 e. The van der Waals surface area contributed by atoms with Gasteiger partial charge in [-0.15, -0.1) is 0 Å². The van der Waals surface area contributed by atoms with Crippen LogP contribution in [0.5, 0.6) is 0 Å². The summed E-state index contributed by atoms with van der Waals surface area (Å²) in [7, 11) is 0. The fourth-order valence-corrected chi connectivity index (χ4v) is 4.66. The average molecular weight is 493 g/mol. The summed E-state index contributed by atoms with van der Waals surface area (Å²) < 4.78 is 33.0. The van der Waals surface area contributed by atoms with Crippen LogP contribution in [0.15, 0.2) is 78.9 Å². The van der Waals surface area contributed by atoms with Gasteiger partial charge in [0, 0.05) is 25.7 Å². The molecule has 0 aromatic heterocycles. The van der Waals surface area contributed by atoms with E-state index < -0.39 is 0 Å². The van der Waals surface area contributed by atoms with Gasteiger partial charge in [0.05, 0.1) is 6.42 Å². The number of carbonyl (C=O) groups is 1. The lowest BCUT2D eigenvalue weighted by Gasteiger charge is -2.32. The number of amides is 1. The van der Waals surface area contributed by atoms with Crippen molar-refractivity contribution in [3.63, 3.8) is 0 Å². The van der Waals surface area contributed by atoms with Crippen LogP contribution >= 0.6 is 0 Å². The number of halogens is 2. The van der Waals surface area contributed by atoms with Crippen LogP contribution in [0.3, 0.4) is 0 Å². The molecule has 1 amide bonds. The standard InChI is InChI=1S/C30H34F2N2O2/c31-26-12-8-24(9-13-26)30(25-10-14-27(32)15-11-25)36-21-5-4-18-34-19-16-28(17-20-34)33-29(35)22-23-6-2-1-3-7-23/h1-3,6-15,28,30H,4-5,16-22H2,(H,33,35). The monoisotopic (exact) mass is 492 g/mol. The Balaban J connectivity index is 1.16. The van der Waals surface area contributed by atoms with Crippen molar-refractivity contribution in [2.45, 2.75) is 44.2 Å². The van der Waals surface area contributed by atoms with E-state index >= 15 is 0 Å². The van der Waals surface area contributed by atoms with Gasteiger partial charge in [-0.05, 0) is 73.2 Å². The summed E-state index contributed by atoms with van der Waals surface area (Å²) in [6, 6.07) is 22.6. The number of nitrogens with one attached hydrogen (secondary N) is 1. The molecule has 36 heavy (non-hydrogen) atoms. The molecule has 1 aliphatic heterocycles. The number of carbonyl (C=O) groups excluding carboxylic acids is 1. The first kappa shape index (κ1) is 26.0. The topological polar surface area (TPSA) is 41.6 Å². The van der Waals surface area contributed by atoms with Crippen LogP contribution < -0.4 is 5.32 Å². The minimum atomic E-state index is -0.360. The minimum absolute atomic E-state index is 0.0914. The molecule has 0 unspecified atom stereocenters. The lowest BCUT2D eigenvalue weighted by molar-refractivity contribution is -0.121. The van der Waals surface area contributed by atoms with Gasteiger partial charge in [0.25, 0.3) is 0 Å². The van der Waals surface area contributed by atoms with Gasteiger partial charge in [-0.1, -0.05) is 54.6 Å². The average Bonchev–Trinajstić information content (AvgIpc) is 2.89. The number of likely N-dealkylation sites (tertiary alicyclic amines) is 1. The highest BCUT2D eigenvalue weighted by Crippen LogP contribution is 2.27. The summed E-state index contributed by atoms with van der Waals surface area (Å²) in [5.41, 5.74) is 2.73. The minimum Gasteiger partial charge on any atom is -0.369 e. The fraction of sp³-hybridized carbons (Fsp3) is 0.367. The molecule has 6 heteroatoms. The lowest BCUT2D eigenvalue weighted by Crippen LogP contribution is -2.45. The molecule has 1 N–H and O–H groups in total. The first-order chi connectivity index (χ1) is 17.6. The highest BCUT2D eigenvalue weighted by atomic mass is 19.1. The molecule has 0 radical (unpaired) electrons. The van der Waals surface area contributed by atoms with E-state index in [0.29, 0.717) is 13.0 Å². The van der Waals surface area contributed by atoms with E-state index in [1.165, 1.54) is 24.3 Å². The van der Waals surface area contributed by atoms with E-state index in [9.17, 15) is 13.6 Å². The van der Waals surface area contributed by atoms with Crippen molar-refractivity contribution in [1.29, 1.82) is 0 Å². The molecule has 0 spiro atoms. The summed E-state index contributed by atoms with van der Waals surface area (Å²) in [4.78, 5) is 14.8. The van der Waals surface area contributed by atoms with Crippen LogP contribution in [0, 0.1) is 11.6 Å². The number of hydrogen-bond donors (Lipinski definition) is 1. The first-order valence-corrected chi connectivity index (χ1v) is 12.7. The van der Waals surface area contributed by atoms with Crippen LogP contribution in [0.4, 0.5) is 8.78 Å². The highest BCUT2D eigenvalue weighted by Gasteiger charge is 2.20. The van der Waals surface area contributed by atoms with Crippen LogP contribution in [-0.2, 0) is 16.0 Å². The number of rotatable bonds is 11. The molecule has 0 saturated carbocycles. The summed E-state index contributed by atoms with van der Waals surface area (Å²) in [6.07, 6.45) is 3.90. The number of hydrogen-bond acceptors (Lipinski definition) is 3. The molecule has 190 valence electrons. The molecule has 3 aromatic rings. The molecule has 1 aliphatic rings. The molecular weight excluding hydrogens is 458 g/mol. The van der Waals surface area contributed by atoms with Crippen LogP contribution in [0.25, 0.3) is 0 Å². The van der Waals surface area contributed by atoms with Gasteiger partial charge in [0.1, 0.15) is 17.7 Å². The summed E-state index contributed by atoms with van der Waals surface area (Å²) in [6.45, 7) is 3.51. The van der Waals surface area contributed by atoms with Gasteiger partial charge in [-0.2, -0.15) is 0 Å². The van der Waals surface area contributed by atoms with E-state index in [1.54, 1.807) is 24.3 Å². The number of benzene rings is 3. The van der Waals surface area contributed by atoms with Crippen LogP contribution in [-0.4, -0.2) is 43.1 Å². The molecule has 0 aliphatic carbocycles. The van der Waals surface area contributed by atoms with Crippen molar-refractivity contribution in [2.75, 3.05) is 26.2 Å². The van der Waals surface area contributed by atoms with Crippen LogP contribution in [0.2, 0.25) is 0 Å². The number of nitrogens with zero attached hydrogens (tertiary/aromatic N) is 1. The molecule has 0 bridgehead atoms. The maximum absolute atomic E-state index is 13.4. The first-order valence-electron chi connectivity index (χ1n) is 12.7. The Morgan fingerprint density at radius 1 is 0.861 bits per heavy atom. The van der Waals surface area contributed by atoms with Gasteiger partial charge in [-0.3, -0.25) is 4.79 Å². The lowest BCUT2D eigenvalue weighted by atomic mass is 10.0. The predicted molar refractivity (Wildman–Crippen MR) is 138 cm³/mol. The molecule has 4 nitrogen and oxygen atoms in total. The Morgan fingerprint density at radius 2 is 1.44 bits per heavy atom. The third kappa shape index (κ3) is 7.97. The molecular formula is C30H34F2N2O2. The molecule has 4 rings (SSSR count). The van der Waals surface area contributed by atoms with E-state index in [2.05, 4.69) is 10.2 Å². The Morgan fingerprint density at radius 3 is 2.03 bits per heavy atom. The van der Waals surface area contributed by atoms with Gasteiger partial charge in [0.15, 0.2) is 0 Å². The summed E-state index contributed by atoms with van der Waals surface area (Å²) in [5, 5.41) is 3.18. The van der Waals surface area contributed by atoms with Gasteiger partial charge in [0.2, 0.25) is 5.91 Å². The zero-order chi connectivity index (χ0) is 25.2. The normalized spacial score (nSPS) is 14.8. The van der Waals surface area contributed by atoms with Crippen LogP contribution in [0.1, 0.15) is 48.5 Å². The number of unbranched alkanes of at least 4 members (excludes halogenated alkanes) is 1. The third-order valence-corrected chi connectivity index (χ3v) is 6.66.